The summed E-state index contributed by atoms with van der Waals surface area (Å²) in [6, 6.07) is 9.30. The van der Waals surface area contributed by atoms with Crippen molar-refractivity contribution in [1.29, 1.82) is 0 Å². The molecule has 1 aliphatic heterocycles. The van der Waals surface area contributed by atoms with Gasteiger partial charge in [0.2, 0.25) is 5.78 Å². The number of hydrogen-bond donors (Lipinski definition) is 1. The number of aliphatic hydroxyl groups is 1. The highest BCUT2D eigenvalue weighted by atomic mass is 35.5. The van der Waals surface area contributed by atoms with Crippen molar-refractivity contribution in [1.82, 2.24) is 9.80 Å². The number of halogens is 2. The third kappa shape index (κ3) is 4.38. The molecule has 0 saturated carbocycles. The van der Waals surface area contributed by atoms with Crippen LogP contribution >= 0.6 is 11.6 Å². The van der Waals surface area contributed by atoms with Gasteiger partial charge in [-0.3, -0.25) is 9.59 Å². The maximum atomic E-state index is 13.6. The Morgan fingerprint density at radius 1 is 1.24 bits per heavy atom. The highest BCUT2D eigenvalue weighted by molar-refractivity contribution is 6.31. The van der Waals surface area contributed by atoms with Crippen molar-refractivity contribution in [3.8, 4) is 5.75 Å². The van der Waals surface area contributed by atoms with Gasteiger partial charge in [0.05, 0.1) is 18.7 Å². The maximum Gasteiger partial charge on any atom is 0.290 e. The second kappa shape index (κ2) is 9.48. The van der Waals surface area contributed by atoms with Crippen molar-refractivity contribution in [2.45, 2.75) is 12.5 Å². The fourth-order valence-corrected chi connectivity index (χ4v) is 4.36. The van der Waals surface area contributed by atoms with Crippen LogP contribution in [0.2, 0.25) is 5.02 Å². The Kier molecular flexibility index (Phi) is 6.63. The van der Waals surface area contributed by atoms with E-state index >= 15 is 0 Å². The Morgan fingerprint density at radius 3 is 2.59 bits per heavy atom. The number of amides is 1. The monoisotopic (exact) mass is 486 g/mol. The smallest absolute Gasteiger partial charge is 0.290 e. The van der Waals surface area contributed by atoms with E-state index in [-0.39, 0.29) is 11.3 Å². The highest BCUT2D eigenvalue weighted by Crippen LogP contribution is 2.40. The van der Waals surface area contributed by atoms with Crippen molar-refractivity contribution < 1.29 is 28.2 Å². The fourth-order valence-electron chi connectivity index (χ4n) is 4.15. The summed E-state index contributed by atoms with van der Waals surface area (Å²) >= 11 is 6.13. The van der Waals surface area contributed by atoms with Crippen molar-refractivity contribution in [3.05, 3.63) is 76.0 Å². The number of carbonyl (C=O) groups is 2. The Bertz CT molecular complexity index is 1280. The normalized spacial score (nSPS) is 16.2. The number of ether oxygens (including phenoxy) is 1. The van der Waals surface area contributed by atoms with E-state index in [1.807, 2.05) is 19.0 Å². The first-order chi connectivity index (χ1) is 16.2. The predicted octanol–water partition coefficient (Wildman–Crippen LogP) is 4.76. The average molecular weight is 487 g/mol. The molecule has 3 aromatic rings. The molecule has 1 aromatic heterocycles. The molecule has 0 fully saturated rings. The molecule has 0 saturated heterocycles. The first kappa shape index (κ1) is 23.8. The molecule has 0 aliphatic carbocycles. The quantitative estimate of drug-likeness (QED) is 0.462. The molecule has 1 unspecified atom stereocenters. The van der Waals surface area contributed by atoms with Crippen LogP contribution in [0.15, 0.2) is 58.2 Å². The molecular formula is C25H24ClFN2O5. The summed E-state index contributed by atoms with van der Waals surface area (Å²) in [6.07, 6.45) is 0.617. The lowest BCUT2D eigenvalue weighted by Gasteiger charge is -2.27. The lowest BCUT2D eigenvalue weighted by molar-refractivity contribution is -0.129. The van der Waals surface area contributed by atoms with Gasteiger partial charge in [0.1, 0.15) is 5.82 Å². The van der Waals surface area contributed by atoms with Gasteiger partial charge in [-0.15, -0.1) is 0 Å². The summed E-state index contributed by atoms with van der Waals surface area (Å²) in [7, 11) is 5.28. The topological polar surface area (TPSA) is 83.2 Å². The largest absolute Gasteiger partial charge is 0.503 e. The first-order valence-electron chi connectivity index (χ1n) is 10.7. The summed E-state index contributed by atoms with van der Waals surface area (Å²) in [6.45, 7) is 0.998. The number of rotatable bonds is 8. The van der Waals surface area contributed by atoms with E-state index in [0.29, 0.717) is 46.8 Å². The minimum Gasteiger partial charge on any atom is -0.503 e. The molecule has 2 aromatic carbocycles. The van der Waals surface area contributed by atoms with E-state index in [4.69, 9.17) is 20.8 Å². The van der Waals surface area contributed by atoms with Gasteiger partial charge in [-0.05, 0) is 56.9 Å². The fraction of sp³-hybridized carbons (Fsp3) is 0.280. The van der Waals surface area contributed by atoms with E-state index in [1.165, 1.54) is 42.3 Å². The van der Waals surface area contributed by atoms with Crippen LogP contribution in [0.1, 0.15) is 28.6 Å². The Labute approximate surface area is 201 Å². The van der Waals surface area contributed by atoms with Gasteiger partial charge in [-0.2, -0.15) is 0 Å². The summed E-state index contributed by atoms with van der Waals surface area (Å²) in [5.41, 5.74) is 0.704. The van der Waals surface area contributed by atoms with E-state index < -0.39 is 29.3 Å². The van der Waals surface area contributed by atoms with Crippen molar-refractivity contribution >= 4 is 34.3 Å². The zero-order chi connectivity index (χ0) is 24.6. The van der Waals surface area contributed by atoms with Crippen molar-refractivity contribution in [3.63, 3.8) is 0 Å². The summed E-state index contributed by atoms with van der Waals surface area (Å²) in [4.78, 5) is 30.0. The van der Waals surface area contributed by atoms with Gasteiger partial charge in [-0.1, -0.05) is 23.7 Å². The van der Waals surface area contributed by atoms with Gasteiger partial charge in [0, 0.05) is 23.0 Å². The van der Waals surface area contributed by atoms with Crippen LogP contribution in [0.4, 0.5) is 4.39 Å². The lowest BCUT2D eigenvalue weighted by atomic mass is 9.95. The number of Topliss-reactive ketones (excluding diaryl/α,β-unsaturated/α-hetero) is 1. The molecule has 0 radical (unpaired) electrons. The molecule has 0 spiro atoms. The Balaban J connectivity index is 1.77. The number of methoxy groups -OCH3 is 1. The standard InChI is InChI=1S/C25H24ClFN2O5/c1-28(2)9-4-10-29-21(14-5-7-17(27)8-6-14)20(23(31)25(29)32)22(30)18-12-15-11-16(26)13-19(33-3)24(15)34-18/h5-8,11-13,21,31H,4,9-10H2,1-3H3. The van der Waals surface area contributed by atoms with Crippen molar-refractivity contribution in [2.24, 2.45) is 0 Å². The van der Waals surface area contributed by atoms with Gasteiger partial charge < -0.3 is 24.1 Å². The lowest BCUT2D eigenvalue weighted by Crippen LogP contribution is -2.33. The van der Waals surface area contributed by atoms with Gasteiger partial charge in [0.15, 0.2) is 22.9 Å². The molecule has 1 amide bonds. The summed E-state index contributed by atoms with van der Waals surface area (Å²) in [5.74, 6) is -2.13. The number of carbonyl (C=O) groups excluding carboxylic acids is 2. The maximum absolute atomic E-state index is 13.6. The van der Waals surface area contributed by atoms with Crippen LogP contribution in [-0.4, -0.2) is 60.9 Å². The Morgan fingerprint density at radius 2 is 1.94 bits per heavy atom. The summed E-state index contributed by atoms with van der Waals surface area (Å²) in [5, 5.41) is 11.7. The molecule has 7 nitrogen and oxygen atoms in total. The second-order valence-electron chi connectivity index (χ2n) is 8.34. The van der Waals surface area contributed by atoms with Crippen LogP contribution in [0, 0.1) is 5.82 Å². The predicted molar refractivity (Wildman–Crippen MR) is 126 cm³/mol. The molecular weight excluding hydrogens is 463 g/mol. The van der Waals surface area contributed by atoms with E-state index in [0.717, 1.165) is 0 Å². The number of ketones is 1. The van der Waals surface area contributed by atoms with Crippen LogP contribution in [-0.2, 0) is 4.79 Å². The van der Waals surface area contributed by atoms with Gasteiger partial charge >= 0.3 is 0 Å². The molecule has 9 heteroatoms. The van der Waals surface area contributed by atoms with Crippen LogP contribution in [0.25, 0.3) is 11.0 Å². The van der Waals surface area contributed by atoms with Crippen LogP contribution in [0.5, 0.6) is 5.75 Å². The van der Waals surface area contributed by atoms with Gasteiger partial charge in [0.25, 0.3) is 5.91 Å². The molecule has 178 valence electrons. The third-order valence-electron chi connectivity index (χ3n) is 5.73. The molecule has 2 heterocycles. The number of benzene rings is 2. The van der Waals surface area contributed by atoms with Crippen LogP contribution in [0.3, 0.4) is 0 Å². The van der Waals surface area contributed by atoms with E-state index in [1.54, 1.807) is 12.1 Å². The molecule has 34 heavy (non-hydrogen) atoms. The zero-order valence-electron chi connectivity index (χ0n) is 19.0. The molecule has 1 atom stereocenters. The van der Waals surface area contributed by atoms with Crippen molar-refractivity contribution in [2.75, 3.05) is 34.3 Å². The molecule has 1 aliphatic rings. The molecule has 1 N–H and O–H groups in total. The Hall–Kier alpha value is -3.36. The number of hydrogen-bond acceptors (Lipinski definition) is 6. The third-order valence-corrected chi connectivity index (χ3v) is 5.95. The number of aliphatic hydroxyl groups excluding tert-OH is 1. The highest BCUT2D eigenvalue weighted by Gasteiger charge is 2.44. The molecule has 4 rings (SSSR count). The minimum atomic E-state index is -0.888. The number of nitrogens with zero attached hydrogens (tertiary/aromatic N) is 2. The first-order valence-corrected chi connectivity index (χ1v) is 11.0. The number of furan rings is 1. The second-order valence-corrected chi connectivity index (χ2v) is 8.77. The zero-order valence-corrected chi connectivity index (χ0v) is 19.7. The van der Waals surface area contributed by atoms with E-state index in [9.17, 15) is 19.1 Å². The van der Waals surface area contributed by atoms with E-state index in [2.05, 4.69) is 0 Å². The SMILES string of the molecule is COc1cc(Cl)cc2cc(C(=O)C3=C(O)C(=O)N(CCCN(C)C)C3c3ccc(F)cc3)oc12. The van der Waals surface area contributed by atoms with Gasteiger partial charge in [-0.25, -0.2) is 4.39 Å². The average Bonchev–Trinajstić information content (AvgIpc) is 3.33. The summed E-state index contributed by atoms with van der Waals surface area (Å²) < 4.78 is 24.7. The minimum absolute atomic E-state index is 0.0767. The number of fused-ring (bicyclic) bond motifs is 1. The van der Waals surface area contributed by atoms with Crippen LogP contribution < -0.4 is 4.74 Å². The molecule has 0 bridgehead atoms.